The molecule has 2 aromatic heterocycles. The molecule has 0 amide bonds. The van der Waals surface area contributed by atoms with Crippen LogP contribution in [0.4, 0.5) is 5.95 Å². The van der Waals surface area contributed by atoms with E-state index in [9.17, 15) is 8.42 Å². The zero-order valence-electron chi connectivity index (χ0n) is 10.2. The van der Waals surface area contributed by atoms with E-state index in [4.69, 9.17) is 0 Å². The molecule has 2 heterocycles. The molecule has 0 aliphatic carbocycles. The standard InChI is InChI=1S/C10H15N5O2S/c1-8-4-3-5-9-13-10(14-15(8)9)12-6-7-18(16,17)11-2/h3-5,11H,6-7H2,1-2H3,(H,12,14). The van der Waals surface area contributed by atoms with Crippen LogP contribution in [-0.4, -0.2) is 42.4 Å². The molecule has 7 nitrogen and oxygen atoms in total. The molecule has 0 bridgehead atoms. The summed E-state index contributed by atoms with van der Waals surface area (Å²) in [6, 6.07) is 5.67. The molecule has 2 rings (SSSR count). The molecule has 0 radical (unpaired) electrons. The van der Waals surface area contributed by atoms with Gasteiger partial charge >= 0.3 is 0 Å². The van der Waals surface area contributed by atoms with Crippen LogP contribution in [0.2, 0.25) is 0 Å². The van der Waals surface area contributed by atoms with E-state index in [1.807, 2.05) is 25.1 Å². The van der Waals surface area contributed by atoms with Crippen LogP contribution in [-0.2, 0) is 10.0 Å². The summed E-state index contributed by atoms with van der Waals surface area (Å²) in [6.07, 6.45) is 0. The second-order valence-corrected chi connectivity index (χ2v) is 5.87. The fourth-order valence-corrected chi connectivity index (χ4v) is 2.08. The summed E-state index contributed by atoms with van der Waals surface area (Å²) in [5, 5.41) is 7.13. The molecule has 0 aliphatic heterocycles. The van der Waals surface area contributed by atoms with Crippen LogP contribution in [0.15, 0.2) is 18.2 Å². The van der Waals surface area contributed by atoms with Crippen LogP contribution in [0.25, 0.3) is 5.65 Å². The van der Waals surface area contributed by atoms with E-state index in [2.05, 4.69) is 20.1 Å². The summed E-state index contributed by atoms with van der Waals surface area (Å²) in [5.74, 6) is 0.411. The predicted molar refractivity (Wildman–Crippen MR) is 69.1 cm³/mol. The highest BCUT2D eigenvalue weighted by Gasteiger charge is 2.08. The lowest BCUT2D eigenvalue weighted by Gasteiger charge is -2.02. The minimum atomic E-state index is -3.20. The van der Waals surface area contributed by atoms with Gasteiger partial charge in [-0.3, -0.25) is 0 Å². The summed E-state index contributed by atoms with van der Waals surface area (Å²) in [5.41, 5.74) is 1.70. The Balaban J connectivity index is 2.07. The van der Waals surface area contributed by atoms with Crippen molar-refractivity contribution < 1.29 is 8.42 Å². The number of anilines is 1. The normalized spacial score (nSPS) is 11.9. The maximum absolute atomic E-state index is 11.2. The molecule has 8 heteroatoms. The number of aromatic nitrogens is 3. The smallest absolute Gasteiger partial charge is 0.243 e. The van der Waals surface area contributed by atoms with Crippen molar-refractivity contribution in [2.45, 2.75) is 6.92 Å². The van der Waals surface area contributed by atoms with Crippen molar-refractivity contribution in [2.75, 3.05) is 24.7 Å². The number of sulfonamides is 1. The van der Waals surface area contributed by atoms with Crippen LogP contribution in [0.1, 0.15) is 5.69 Å². The first-order chi connectivity index (χ1) is 8.52. The second kappa shape index (κ2) is 4.91. The lowest BCUT2D eigenvalue weighted by molar-refractivity contribution is 0.588. The Morgan fingerprint density at radius 1 is 1.39 bits per heavy atom. The molecule has 2 aromatic rings. The number of aryl methyl sites for hydroxylation is 1. The average molecular weight is 269 g/mol. The number of rotatable bonds is 5. The van der Waals surface area contributed by atoms with E-state index in [0.717, 1.165) is 11.3 Å². The van der Waals surface area contributed by atoms with Crippen molar-refractivity contribution in [3.05, 3.63) is 23.9 Å². The van der Waals surface area contributed by atoms with Gasteiger partial charge in [0.1, 0.15) is 0 Å². The molecule has 0 spiro atoms. The van der Waals surface area contributed by atoms with Crippen LogP contribution in [0, 0.1) is 6.92 Å². The number of nitrogens with zero attached hydrogens (tertiary/aromatic N) is 3. The Morgan fingerprint density at radius 2 is 2.17 bits per heavy atom. The Labute approximate surface area is 105 Å². The highest BCUT2D eigenvalue weighted by Crippen LogP contribution is 2.07. The van der Waals surface area contributed by atoms with E-state index in [1.54, 1.807) is 4.52 Å². The number of nitrogens with one attached hydrogen (secondary N) is 2. The fraction of sp³-hybridized carbons (Fsp3) is 0.400. The fourth-order valence-electron chi connectivity index (χ4n) is 1.51. The number of hydrogen-bond acceptors (Lipinski definition) is 5. The van der Waals surface area contributed by atoms with Crippen LogP contribution in [0.3, 0.4) is 0 Å². The van der Waals surface area contributed by atoms with Crippen molar-refractivity contribution in [3.63, 3.8) is 0 Å². The van der Waals surface area contributed by atoms with Crippen LogP contribution >= 0.6 is 0 Å². The van der Waals surface area contributed by atoms with Crippen molar-refractivity contribution in [1.29, 1.82) is 0 Å². The van der Waals surface area contributed by atoms with Gasteiger partial charge in [-0.25, -0.2) is 17.7 Å². The molecule has 0 fully saturated rings. The molecule has 0 aliphatic rings. The van der Waals surface area contributed by atoms with E-state index < -0.39 is 10.0 Å². The van der Waals surface area contributed by atoms with Gasteiger partial charge < -0.3 is 5.32 Å². The largest absolute Gasteiger partial charge is 0.352 e. The Bertz CT molecular complexity index is 649. The number of fused-ring (bicyclic) bond motifs is 1. The summed E-state index contributed by atoms with van der Waals surface area (Å²) in [4.78, 5) is 4.24. The summed E-state index contributed by atoms with van der Waals surface area (Å²) in [7, 11) is -1.81. The number of hydrogen-bond donors (Lipinski definition) is 2. The molecule has 0 aromatic carbocycles. The minimum Gasteiger partial charge on any atom is -0.352 e. The third kappa shape index (κ3) is 2.77. The van der Waals surface area contributed by atoms with Gasteiger partial charge in [0.05, 0.1) is 5.75 Å². The first-order valence-electron chi connectivity index (χ1n) is 5.49. The molecule has 98 valence electrons. The lowest BCUT2D eigenvalue weighted by atomic mass is 10.4. The number of pyridine rings is 1. The van der Waals surface area contributed by atoms with E-state index in [0.29, 0.717) is 5.95 Å². The van der Waals surface area contributed by atoms with Gasteiger partial charge in [-0.15, -0.1) is 5.10 Å². The SMILES string of the molecule is CNS(=O)(=O)CCNc1nc2cccc(C)n2n1. The van der Waals surface area contributed by atoms with Gasteiger partial charge in [-0.2, -0.15) is 4.98 Å². The highest BCUT2D eigenvalue weighted by molar-refractivity contribution is 7.89. The minimum absolute atomic E-state index is 0.0158. The average Bonchev–Trinajstić information content (AvgIpc) is 2.73. The third-order valence-electron chi connectivity index (χ3n) is 2.51. The quantitative estimate of drug-likeness (QED) is 0.797. The van der Waals surface area contributed by atoms with Gasteiger partial charge in [-0.05, 0) is 26.1 Å². The van der Waals surface area contributed by atoms with E-state index in [-0.39, 0.29) is 12.3 Å². The molecule has 0 unspecified atom stereocenters. The third-order valence-corrected chi connectivity index (χ3v) is 3.88. The van der Waals surface area contributed by atoms with Crippen molar-refractivity contribution in [1.82, 2.24) is 19.3 Å². The molecule has 0 saturated heterocycles. The highest BCUT2D eigenvalue weighted by atomic mass is 32.2. The Morgan fingerprint density at radius 3 is 2.83 bits per heavy atom. The molecular weight excluding hydrogens is 254 g/mol. The molecular formula is C10H15N5O2S. The van der Waals surface area contributed by atoms with Crippen LogP contribution < -0.4 is 10.0 Å². The maximum Gasteiger partial charge on any atom is 0.243 e. The van der Waals surface area contributed by atoms with Gasteiger partial charge in [0.2, 0.25) is 16.0 Å². The van der Waals surface area contributed by atoms with Gasteiger partial charge in [-0.1, -0.05) is 6.07 Å². The van der Waals surface area contributed by atoms with E-state index in [1.165, 1.54) is 7.05 Å². The van der Waals surface area contributed by atoms with Gasteiger partial charge in [0, 0.05) is 12.2 Å². The van der Waals surface area contributed by atoms with Crippen molar-refractivity contribution in [2.24, 2.45) is 0 Å². The summed E-state index contributed by atoms with van der Waals surface area (Å²) in [6.45, 7) is 2.19. The predicted octanol–water partition coefficient (Wildman–Crippen LogP) is -0.00118. The van der Waals surface area contributed by atoms with Gasteiger partial charge in [0.25, 0.3) is 0 Å². The monoisotopic (exact) mass is 269 g/mol. The second-order valence-electron chi connectivity index (χ2n) is 3.82. The van der Waals surface area contributed by atoms with Gasteiger partial charge in [0.15, 0.2) is 5.65 Å². The zero-order chi connectivity index (χ0) is 13.2. The molecule has 0 atom stereocenters. The lowest BCUT2D eigenvalue weighted by Crippen LogP contribution is -2.26. The Kier molecular flexibility index (Phi) is 3.48. The maximum atomic E-state index is 11.2. The first-order valence-corrected chi connectivity index (χ1v) is 7.14. The molecule has 0 saturated carbocycles. The Hall–Kier alpha value is -1.67. The van der Waals surface area contributed by atoms with Crippen molar-refractivity contribution >= 4 is 21.6 Å². The van der Waals surface area contributed by atoms with Crippen molar-refractivity contribution in [3.8, 4) is 0 Å². The summed E-state index contributed by atoms with van der Waals surface area (Å²) < 4.78 is 26.4. The topological polar surface area (TPSA) is 88.4 Å². The van der Waals surface area contributed by atoms with Crippen LogP contribution in [0.5, 0.6) is 0 Å². The molecule has 18 heavy (non-hydrogen) atoms. The van der Waals surface area contributed by atoms with E-state index >= 15 is 0 Å². The first kappa shape index (κ1) is 12.8. The zero-order valence-corrected chi connectivity index (χ0v) is 11.0. The summed E-state index contributed by atoms with van der Waals surface area (Å²) >= 11 is 0. The molecule has 2 N–H and O–H groups in total.